The number of hydrogen-bond donors (Lipinski definition) is 0. The Labute approximate surface area is 256 Å². The van der Waals surface area contributed by atoms with E-state index in [9.17, 15) is 13.6 Å². The number of nitrogens with zero attached hydrogens (tertiary/aromatic N) is 2. The summed E-state index contributed by atoms with van der Waals surface area (Å²) in [5.74, 6) is 0.606. The third kappa shape index (κ3) is 12.0. The molecule has 2 atom stereocenters. The molecule has 0 bridgehead atoms. The van der Waals surface area contributed by atoms with Crippen LogP contribution in [-0.4, -0.2) is 34.4 Å². The molecule has 0 unspecified atom stereocenters. The summed E-state index contributed by atoms with van der Waals surface area (Å²) in [5, 5.41) is 0. The van der Waals surface area contributed by atoms with Gasteiger partial charge >= 0.3 is 5.97 Å². The molecule has 43 heavy (non-hydrogen) atoms. The largest absolute Gasteiger partial charge is 0.491 e. The van der Waals surface area contributed by atoms with E-state index in [1.807, 2.05) is 12.1 Å². The van der Waals surface area contributed by atoms with Crippen molar-refractivity contribution < 1.29 is 23.0 Å². The lowest BCUT2D eigenvalue weighted by molar-refractivity contribution is -0.147. The number of alkyl halides is 2. The minimum atomic E-state index is -2.01. The fraction of sp³-hybridized carbons (Fsp3) is 0.528. The average molecular weight is 595 g/mol. The van der Waals surface area contributed by atoms with Crippen LogP contribution in [0, 0.1) is 0 Å². The molecule has 0 aliphatic heterocycles. The van der Waals surface area contributed by atoms with Crippen molar-refractivity contribution in [2.45, 2.75) is 116 Å². The summed E-state index contributed by atoms with van der Waals surface area (Å²) in [6.45, 7) is 5.64. The van der Waals surface area contributed by atoms with E-state index in [1.54, 1.807) is 48.8 Å². The number of unbranched alkanes of at least 4 members (excludes halogenated alkanes) is 9. The van der Waals surface area contributed by atoms with Crippen molar-refractivity contribution in [3.8, 4) is 34.0 Å². The fourth-order valence-corrected chi connectivity index (χ4v) is 4.83. The van der Waals surface area contributed by atoms with Crippen LogP contribution in [-0.2, 0) is 4.79 Å². The van der Waals surface area contributed by atoms with E-state index in [0.29, 0.717) is 30.2 Å². The highest BCUT2D eigenvalue weighted by Crippen LogP contribution is 2.27. The Kier molecular flexibility index (Phi) is 14.6. The van der Waals surface area contributed by atoms with Crippen molar-refractivity contribution in [3.63, 3.8) is 0 Å². The first-order valence-electron chi connectivity index (χ1n) is 16.0. The minimum absolute atomic E-state index is 0.0600. The molecule has 3 rings (SSSR count). The molecule has 2 aromatic carbocycles. The van der Waals surface area contributed by atoms with Crippen LogP contribution in [0.3, 0.4) is 0 Å². The number of esters is 1. The third-order valence-corrected chi connectivity index (χ3v) is 7.64. The molecule has 0 spiro atoms. The highest BCUT2D eigenvalue weighted by Gasteiger charge is 2.34. The maximum absolute atomic E-state index is 14.8. The maximum Gasteiger partial charge on any atom is 0.348 e. The summed E-state index contributed by atoms with van der Waals surface area (Å²) in [6.07, 6.45) is 15.0. The number of aromatic nitrogens is 2. The van der Waals surface area contributed by atoms with E-state index in [4.69, 9.17) is 9.47 Å². The fourth-order valence-electron chi connectivity index (χ4n) is 4.83. The predicted octanol–water partition coefficient (Wildman–Crippen LogP) is 10.3. The van der Waals surface area contributed by atoms with Crippen LogP contribution in [0.4, 0.5) is 8.78 Å². The SMILES string of the molecule is CCCCCCCCC[C@H](F)COc1ccc(-c2ncc(-c3ccc(OC(=O)[C@@](C)(F)CCCCCC)cc3)cn2)cc1. The second kappa shape index (κ2) is 18.3. The zero-order valence-electron chi connectivity index (χ0n) is 26.1. The van der Waals surface area contributed by atoms with Crippen LogP contribution in [0.1, 0.15) is 104 Å². The van der Waals surface area contributed by atoms with Crippen molar-refractivity contribution in [2.75, 3.05) is 6.61 Å². The first kappa shape index (κ1) is 34.1. The lowest BCUT2D eigenvalue weighted by Crippen LogP contribution is -2.34. The number of halogens is 2. The molecule has 5 nitrogen and oxygen atoms in total. The minimum Gasteiger partial charge on any atom is -0.491 e. The van der Waals surface area contributed by atoms with Gasteiger partial charge in [0.25, 0.3) is 0 Å². The van der Waals surface area contributed by atoms with Crippen molar-refractivity contribution in [1.82, 2.24) is 9.97 Å². The van der Waals surface area contributed by atoms with Gasteiger partial charge in [-0.1, -0.05) is 90.2 Å². The van der Waals surface area contributed by atoms with Gasteiger partial charge in [0.2, 0.25) is 5.67 Å². The van der Waals surface area contributed by atoms with Crippen molar-refractivity contribution in [1.29, 1.82) is 0 Å². The Morgan fingerprint density at radius 3 is 1.91 bits per heavy atom. The normalized spacial score (nSPS) is 13.3. The first-order valence-corrected chi connectivity index (χ1v) is 16.0. The lowest BCUT2D eigenvalue weighted by Gasteiger charge is -2.18. The van der Waals surface area contributed by atoms with Crippen molar-refractivity contribution in [2.24, 2.45) is 0 Å². The molecule has 0 radical (unpaired) electrons. The van der Waals surface area contributed by atoms with E-state index in [-0.39, 0.29) is 13.0 Å². The Morgan fingerprint density at radius 1 is 0.744 bits per heavy atom. The smallest absolute Gasteiger partial charge is 0.348 e. The third-order valence-electron chi connectivity index (χ3n) is 7.64. The Morgan fingerprint density at radius 2 is 1.28 bits per heavy atom. The molecular formula is C36H48F2N2O3. The van der Waals surface area contributed by atoms with Gasteiger partial charge in [0, 0.05) is 23.5 Å². The van der Waals surface area contributed by atoms with Gasteiger partial charge in [-0.2, -0.15) is 0 Å². The van der Waals surface area contributed by atoms with Crippen LogP contribution in [0.15, 0.2) is 60.9 Å². The maximum atomic E-state index is 14.8. The van der Waals surface area contributed by atoms with Crippen molar-refractivity contribution >= 4 is 5.97 Å². The molecule has 1 aromatic heterocycles. The Balaban J connectivity index is 1.44. The summed E-state index contributed by atoms with van der Waals surface area (Å²) in [6, 6.07) is 14.2. The van der Waals surface area contributed by atoms with Gasteiger partial charge in [0.15, 0.2) is 5.82 Å². The van der Waals surface area contributed by atoms with Gasteiger partial charge in [-0.3, -0.25) is 0 Å². The lowest BCUT2D eigenvalue weighted by atomic mass is 10.00. The van der Waals surface area contributed by atoms with Gasteiger partial charge in [-0.25, -0.2) is 23.5 Å². The van der Waals surface area contributed by atoms with Gasteiger partial charge in [0.05, 0.1) is 0 Å². The number of ether oxygens (including phenoxy) is 2. The molecule has 7 heteroatoms. The summed E-state index contributed by atoms with van der Waals surface area (Å²) >= 11 is 0. The average Bonchev–Trinajstić information content (AvgIpc) is 3.02. The monoisotopic (exact) mass is 594 g/mol. The molecule has 0 aliphatic rings. The Hall–Kier alpha value is -3.35. The molecular weight excluding hydrogens is 546 g/mol. The van der Waals surface area contributed by atoms with Crippen LogP contribution in [0.5, 0.6) is 11.5 Å². The van der Waals surface area contributed by atoms with Crippen LogP contribution >= 0.6 is 0 Å². The van der Waals surface area contributed by atoms with Gasteiger partial charge < -0.3 is 9.47 Å². The van der Waals surface area contributed by atoms with E-state index >= 15 is 0 Å². The predicted molar refractivity (Wildman–Crippen MR) is 170 cm³/mol. The molecule has 0 N–H and O–H groups in total. The second-order valence-corrected chi connectivity index (χ2v) is 11.6. The number of carbonyl (C=O) groups excluding carboxylic acids is 1. The molecule has 3 aromatic rings. The number of carbonyl (C=O) groups is 1. The number of hydrogen-bond acceptors (Lipinski definition) is 5. The van der Waals surface area contributed by atoms with Crippen LogP contribution in [0.25, 0.3) is 22.5 Å². The van der Waals surface area contributed by atoms with E-state index < -0.39 is 17.8 Å². The Bertz CT molecular complexity index is 1200. The molecule has 0 aliphatic carbocycles. The summed E-state index contributed by atoms with van der Waals surface area (Å²) < 4.78 is 40.0. The van der Waals surface area contributed by atoms with Crippen LogP contribution in [0.2, 0.25) is 0 Å². The van der Waals surface area contributed by atoms with Crippen molar-refractivity contribution in [3.05, 3.63) is 60.9 Å². The van der Waals surface area contributed by atoms with E-state index in [2.05, 4.69) is 23.8 Å². The zero-order chi connectivity index (χ0) is 30.9. The molecule has 0 saturated carbocycles. The highest BCUT2D eigenvalue weighted by molar-refractivity contribution is 5.81. The van der Waals surface area contributed by atoms with Crippen LogP contribution < -0.4 is 9.47 Å². The highest BCUT2D eigenvalue weighted by atomic mass is 19.1. The standard InChI is InChI=1S/C36H48F2N2O3/c1-4-6-8-10-11-12-13-15-31(37)27-42-32-20-18-29(19-21-32)34-39-25-30(26-40-34)28-16-22-33(23-17-28)43-35(41)36(3,38)24-14-9-7-5-2/h16-23,25-26,31H,4-15,24,27H2,1-3H3/t31-,36-/m0/s1. The molecule has 0 amide bonds. The summed E-state index contributed by atoms with van der Waals surface area (Å²) in [7, 11) is 0. The molecule has 234 valence electrons. The second-order valence-electron chi connectivity index (χ2n) is 11.6. The van der Waals surface area contributed by atoms with E-state index in [1.165, 1.54) is 39.0 Å². The molecule has 0 saturated heterocycles. The number of benzene rings is 2. The topological polar surface area (TPSA) is 61.3 Å². The summed E-state index contributed by atoms with van der Waals surface area (Å²) in [5.41, 5.74) is 0.450. The van der Waals surface area contributed by atoms with Gasteiger partial charge in [0.1, 0.15) is 24.3 Å². The molecule has 0 fully saturated rings. The van der Waals surface area contributed by atoms with Gasteiger partial charge in [-0.15, -0.1) is 0 Å². The summed E-state index contributed by atoms with van der Waals surface area (Å²) in [4.78, 5) is 21.3. The first-order chi connectivity index (χ1) is 20.8. The number of rotatable bonds is 20. The molecule has 1 heterocycles. The zero-order valence-corrected chi connectivity index (χ0v) is 26.1. The quantitative estimate of drug-likeness (QED) is 0.0740. The van der Waals surface area contributed by atoms with E-state index in [0.717, 1.165) is 48.8 Å². The van der Waals surface area contributed by atoms with Gasteiger partial charge in [-0.05, 0) is 68.1 Å².